The largest absolute Gasteiger partial charge is 0.456 e. The monoisotopic (exact) mass is 596 g/mol. The van der Waals surface area contributed by atoms with Crippen molar-refractivity contribution in [3.63, 3.8) is 0 Å². The standard InChI is InChI=1S/C46H28O/c1-2-11-32-28-33(25-22-29(32)10-1)30-20-23-31(24-21-30)44-35-13-3-5-15-37(35)45(38-16-6-4-14-36(38)44)41-27-26-40-34-12-7-8-18-42(34)47-43-19-9-17-39(41)46(40)43/h1-28H. The predicted octanol–water partition coefficient (Wildman–Crippen LogP) is 13.1. The van der Waals surface area contributed by atoms with Crippen LogP contribution in [0.25, 0.3) is 87.6 Å². The van der Waals surface area contributed by atoms with Gasteiger partial charge in [-0.3, -0.25) is 0 Å². The van der Waals surface area contributed by atoms with Gasteiger partial charge in [-0.25, -0.2) is 0 Å². The maximum absolute atomic E-state index is 6.45. The van der Waals surface area contributed by atoms with Crippen LogP contribution in [0.1, 0.15) is 0 Å². The van der Waals surface area contributed by atoms with Crippen LogP contribution in [0.2, 0.25) is 0 Å². The van der Waals surface area contributed by atoms with Crippen molar-refractivity contribution < 1.29 is 4.74 Å². The molecular weight excluding hydrogens is 569 g/mol. The Morgan fingerprint density at radius 1 is 0.298 bits per heavy atom. The Balaban J connectivity index is 1.20. The minimum Gasteiger partial charge on any atom is -0.456 e. The average molecular weight is 597 g/mol. The van der Waals surface area contributed by atoms with E-state index in [9.17, 15) is 0 Å². The molecule has 1 aliphatic rings. The molecule has 0 atom stereocenters. The molecule has 1 heterocycles. The van der Waals surface area contributed by atoms with Gasteiger partial charge in [-0.1, -0.05) is 152 Å². The van der Waals surface area contributed by atoms with E-state index in [4.69, 9.17) is 4.74 Å². The summed E-state index contributed by atoms with van der Waals surface area (Å²) in [5.41, 5.74) is 9.78. The summed E-state index contributed by atoms with van der Waals surface area (Å²) in [5.74, 6) is 1.82. The van der Waals surface area contributed by atoms with Crippen molar-refractivity contribution in [2.24, 2.45) is 0 Å². The van der Waals surface area contributed by atoms with Crippen LogP contribution in [0.15, 0.2) is 170 Å². The Morgan fingerprint density at radius 3 is 1.62 bits per heavy atom. The van der Waals surface area contributed by atoms with Crippen molar-refractivity contribution in [2.45, 2.75) is 0 Å². The van der Waals surface area contributed by atoms with Crippen molar-refractivity contribution in [1.82, 2.24) is 0 Å². The molecule has 0 unspecified atom stereocenters. The molecule has 0 aromatic heterocycles. The minimum absolute atomic E-state index is 0.909. The second-order valence-corrected chi connectivity index (χ2v) is 12.4. The molecule has 0 fully saturated rings. The van der Waals surface area contributed by atoms with Crippen molar-refractivity contribution in [1.29, 1.82) is 0 Å². The number of rotatable bonds is 3. The summed E-state index contributed by atoms with van der Waals surface area (Å²) < 4.78 is 6.45. The van der Waals surface area contributed by atoms with E-state index in [1.807, 2.05) is 6.07 Å². The number of hydrogen-bond acceptors (Lipinski definition) is 1. The quantitative estimate of drug-likeness (QED) is 0.184. The predicted molar refractivity (Wildman–Crippen MR) is 198 cm³/mol. The number of ether oxygens (including phenoxy) is 1. The molecule has 0 radical (unpaired) electrons. The van der Waals surface area contributed by atoms with Gasteiger partial charge in [0.2, 0.25) is 0 Å². The van der Waals surface area contributed by atoms with E-state index < -0.39 is 0 Å². The molecule has 0 saturated heterocycles. The van der Waals surface area contributed by atoms with Gasteiger partial charge in [0, 0.05) is 10.9 Å². The fourth-order valence-electron chi connectivity index (χ4n) is 7.73. The summed E-state index contributed by atoms with van der Waals surface area (Å²) in [6.07, 6.45) is 0. The van der Waals surface area contributed by atoms with Gasteiger partial charge in [-0.2, -0.15) is 0 Å². The van der Waals surface area contributed by atoms with E-state index >= 15 is 0 Å². The first-order valence-electron chi connectivity index (χ1n) is 16.2. The molecule has 1 heteroatoms. The lowest BCUT2D eigenvalue weighted by atomic mass is 9.83. The molecule has 0 spiro atoms. The third-order valence-corrected chi connectivity index (χ3v) is 9.86. The van der Waals surface area contributed by atoms with Gasteiger partial charge in [0.05, 0.1) is 0 Å². The molecule has 218 valence electrons. The third-order valence-electron chi connectivity index (χ3n) is 9.86. The van der Waals surface area contributed by atoms with Crippen LogP contribution >= 0.6 is 0 Å². The molecule has 9 aromatic rings. The fourth-order valence-corrected chi connectivity index (χ4v) is 7.73. The molecule has 9 aromatic carbocycles. The zero-order valence-electron chi connectivity index (χ0n) is 25.6. The highest BCUT2D eigenvalue weighted by atomic mass is 16.5. The highest BCUT2D eigenvalue weighted by Gasteiger charge is 2.23. The van der Waals surface area contributed by atoms with Crippen LogP contribution in [-0.2, 0) is 0 Å². The Bertz CT molecular complexity index is 2640. The topological polar surface area (TPSA) is 9.23 Å². The summed E-state index contributed by atoms with van der Waals surface area (Å²) in [6.45, 7) is 0. The first-order valence-corrected chi connectivity index (χ1v) is 16.2. The van der Waals surface area contributed by atoms with Gasteiger partial charge in [0.15, 0.2) is 0 Å². The van der Waals surface area contributed by atoms with Gasteiger partial charge >= 0.3 is 0 Å². The van der Waals surface area contributed by atoms with E-state index in [0.717, 1.165) is 17.1 Å². The smallest absolute Gasteiger partial charge is 0.135 e. The lowest BCUT2D eigenvalue weighted by Crippen LogP contribution is -1.98. The van der Waals surface area contributed by atoms with Crippen LogP contribution in [0.4, 0.5) is 0 Å². The van der Waals surface area contributed by atoms with Crippen LogP contribution < -0.4 is 4.74 Å². The number of para-hydroxylation sites is 1. The molecule has 10 rings (SSSR count). The minimum atomic E-state index is 0.909. The highest BCUT2D eigenvalue weighted by molar-refractivity contribution is 6.24. The number of benzene rings is 9. The average Bonchev–Trinajstić information content (AvgIpc) is 3.14. The SMILES string of the molecule is c1ccc2c(c1)Oc1cccc3c(-c4c5ccccc5c(-c5ccc(-c6ccc7ccccc7c6)cc5)c5ccccc45)ccc-2c13. The van der Waals surface area contributed by atoms with Crippen molar-refractivity contribution in [3.8, 4) is 56.0 Å². The Morgan fingerprint density at radius 2 is 0.851 bits per heavy atom. The van der Waals surface area contributed by atoms with Gasteiger partial charge in [-0.15, -0.1) is 0 Å². The molecule has 0 aliphatic carbocycles. The lowest BCUT2D eigenvalue weighted by Gasteiger charge is -2.24. The van der Waals surface area contributed by atoms with Crippen LogP contribution in [0, 0.1) is 0 Å². The zero-order chi connectivity index (χ0) is 30.9. The maximum Gasteiger partial charge on any atom is 0.135 e. The van der Waals surface area contributed by atoms with Crippen LogP contribution in [-0.4, -0.2) is 0 Å². The molecule has 1 nitrogen and oxygen atoms in total. The molecule has 0 bridgehead atoms. The molecule has 0 amide bonds. The van der Waals surface area contributed by atoms with Crippen LogP contribution in [0.3, 0.4) is 0 Å². The third kappa shape index (κ3) is 3.97. The van der Waals surface area contributed by atoms with E-state index in [0.29, 0.717) is 0 Å². The molecule has 0 saturated carbocycles. The van der Waals surface area contributed by atoms with Crippen LogP contribution in [0.5, 0.6) is 11.5 Å². The summed E-state index contributed by atoms with van der Waals surface area (Å²) in [6, 6.07) is 61.5. The summed E-state index contributed by atoms with van der Waals surface area (Å²) in [5, 5.41) is 9.90. The molecule has 1 aliphatic heterocycles. The Kier molecular flexibility index (Phi) is 5.64. The van der Waals surface area contributed by atoms with Gasteiger partial charge < -0.3 is 4.74 Å². The first kappa shape index (κ1) is 26.1. The van der Waals surface area contributed by atoms with E-state index in [-0.39, 0.29) is 0 Å². The van der Waals surface area contributed by atoms with Gasteiger partial charge in [-0.05, 0) is 94.8 Å². The van der Waals surface area contributed by atoms with Crippen molar-refractivity contribution >= 4 is 43.1 Å². The summed E-state index contributed by atoms with van der Waals surface area (Å²) in [7, 11) is 0. The number of fused-ring (bicyclic) bond motifs is 5. The normalized spacial score (nSPS) is 12.0. The summed E-state index contributed by atoms with van der Waals surface area (Å²) >= 11 is 0. The zero-order valence-corrected chi connectivity index (χ0v) is 25.6. The highest BCUT2D eigenvalue weighted by Crippen LogP contribution is 2.51. The van der Waals surface area contributed by atoms with E-state index in [1.54, 1.807) is 0 Å². The van der Waals surface area contributed by atoms with Gasteiger partial charge in [0.1, 0.15) is 11.5 Å². The van der Waals surface area contributed by atoms with Crippen molar-refractivity contribution in [2.75, 3.05) is 0 Å². The fraction of sp³-hybridized carbons (Fsp3) is 0. The first-order chi connectivity index (χ1) is 23.3. The van der Waals surface area contributed by atoms with Gasteiger partial charge in [0.25, 0.3) is 0 Å². The molecule has 47 heavy (non-hydrogen) atoms. The lowest BCUT2D eigenvalue weighted by molar-refractivity contribution is 0.487. The second kappa shape index (κ2) is 10.2. The number of hydrogen-bond donors (Lipinski definition) is 0. The molecular formula is C46H28O. The van der Waals surface area contributed by atoms with Crippen molar-refractivity contribution in [3.05, 3.63) is 170 Å². The van der Waals surface area contributed by atoms with E-state index in [2.05, 4.69) is 164 Å². The maximum atomic E-state index is 6.45. The molecule has 0 N–H and O–H groups in total. The van der Waals surface area contributed by atoms with E-state index in [1.165, 1.54) is 82.0 Å². The second-order valence-electron chi connectivity index (χ2n) is 12.4. The Labute approximate surface area is 272 Å². The summed E-state index contributed by atoms with van der Waals surface area (Å²) in [4.78, 5) is 0. The Hall–Kier alpha value is -6.18.